The van der Waals surface area contributed by atoms with E-state index in [0.717, 1.165) is 12.1 Å². The molecular formula is C32H36F4N6O6. The molecule has 2 amide bonds. The average Bonchev–Trinajstić information content (AvgIpc) is 3.05. The molecule has 2 aromatic heterocycles. The number of rotatable bonds is 12. The molecule has 4 rings (SSSR count). The number of methoxy groups -OCH3 is 1. The van der Waals surface area contributed by atoms with Crippen LogP contribution in [0.3, 0.4) is 0 Å². The van der Waals surface area contributed by atoms with Crippen LogP contribution >= 0.6 is 0 Å². The topological polar surface area (TPSA) is 138 Å². The number of pyridine rings is 1. The van der Waals surface area contributed by atoms with E-state index in [1.54, 1.807) is 24.0 Å². The number of alkyl halides is 4. The molecule has 1 aliphatic heterocycles. The molecule has 0 unspecified atom stereocenters. The maximum Gasteiger partial charge on any atom is 0.416 e. The summed E-state index contributed by atoms with van der Waals surface area (Å²) in [6.07, 6.45) is -2.36. The van der Waals surface area contributed by atoms with Crippen molar-refractivity contribution in [2.75, 3.05) is 35.0 Å². The van der Waals surface area contributed by atoms with Gasteiger partial charge in [0, 0.05) is 32.1 Å². The van der Waals surface area contributed by atoms with E-state index >= 15 is 0 Å². The van der Waals surface area contributed by atoms with Crippen LogP contribution < -0.4 is 19.4 Å². The number of aromatic nitrogens is 3. The highest BCUT2D eigenvalue weighted by Crippen LogP contribution is 2.43. The lowest BCUT2D eigenvalue weighted by molar-refractivity contribution is -0.138. The molecular weight excluding hydrogens is 640 g/mol. The summed E-state index contributed by atoms with van der Waals surface area (Å²) in [5, 5.41) is 9.12. The normalized spacial score (nSPS) is 15.8. The predicted octanol–water partition coefficient (Wildman–Crippen LogP) is 6.09. The van der Waals surface area contributed by atoms with Crippen molar-refractivity contribution in [1.82, 2.24) is 15.0 Å². The number of carbonyl (C=O) groups excluding carboxylic acids is 2. The summed E-state index contributed by atoms with van der Waals surface area (Å²) in [4.78, 5) is 54.5. The molecule has 3 aromatic rings. The summed E-state index contributed by atoms with van der Waals surface area (Å²) < 4.78 is 66.1. The molecule has 0 saturated heterocycles. The Morgan fingerprint density at radius 3 is 2.33 bits per heavy atom. The molecule has 1 aliphatic rings. The Labute approximate surface area is 274 Å². The largest absolute Gasteiger partial charge is 0.481 e. The van der Waals surface area contributed by atoms with Crippen LogP contribution in [-0.4, -0.2) is 64.3 Å². The van der Waals surface area contributed by atoms with Crippen molar-refractivity contribution in [2.45, 2.75) is 71.5 Å². The minimum absolute atomic E-state index is 0.0275. The Morgan fingerprint density at radius 2 is 1.77 bits per heavy atom. The third kappa shape index (κ3) is 8.09. The lowest BCUT2D eigenvalue weighted by Crippen LogP contribution is -2.48. The molecule has 0 aliphatic carbocycles. The Kier molecular flexibility index (Phi) is 11.4. The molecule has 258 valence electrons. The van der Waals surface area contributed by atoms with E-state index in [4.69, 9.17) is 14.6 Å². The number of amides is 2. The van der Waals surface area contributed by atoms with E-state index in [2.05, 4.69) is 15.0 Å². The zero-order valence-electron chi connectivity index (χ0n) is 26.8. The van der Waals surface area contributed by atoms with Gasteiger partial charge in [-0.25, -0.2) is 24.1 Å². The van der Waals surface area contributed by atoms with Gasteiger partial charge in [0.2, 0.25) is 17.7 Å². The first kappa shape index (κ1) is 35.8. The van der Waals surface area contributed by atoms with Gasteiger partial charge in [0.25, 0.3) is 0 Å². The summed E-state index contributed by atoms with van der Waals surface area (Å²) in [6, 6.07) is 5.04. The molecule has 0 bridgehead atoms. The fourth-order valence-electron chi connectivity index (χ4n) is 5.64. The minimum Gasteiger partial charge on any atom is -0.481 e. The van der Waals surface area contributed by atoms with E-state index in [0.29, 0.717) is 17.8 Å². The molecule has 0 spiro atoms. The Balaban J connectivity index is 1.89. The number of carbonyl (C=O) groups is 3. The molecule has 3 heterocycles. The predicted molar refractivity (Wildman–Crippen MR) is 166 cm³/mol. The van der Waals surface area contributed by atoms with E-state index in [-0.39, 0.29) is 61.2 Å². The van der Waals surface area contributed by atoms with Gasteiger partial charge in [-0.2, -0.15) is 13.2 Å². The number of hydrogen-bond donors (Lipinski definition) is 1. The molecule has 16 heteroatoms. The van der Waals surface area contributed by atoms with Gasteiger partial charge in [-0.15, -0.1) is 0 Å². The summed E-state index contributed by atoms with van der Waals surface area (Å²) in [5.74, 6) is -1.32. The number of halogens is 4. The van der Waals surface area contributed by atoms with Crippen LogP contribution in [0.25, 0.3) is 0 Å². The fraction of sp³-hybridized carbons (Fsp3) is 0.438. The van der Waals surface area contributed by atoms with Gasteiger partial charge in [0.15, 0.2) is 0 Å². The fourth-order valence-corrected chi connectivity index (χ4v) is 5.64. The van der Waals surface area contributed by atoms with E-state index in [1.807, 2.05) is 6.92 Å². The van der Waals surface area contributed by atoms with Gasteiger partial charge in [-0.3, -0.25) is 14.5 Å². The van der Waals surface area contributed by atoms with Crippen molar-refractivity contribution in [3.63, 3.8) is 0 Å². The highest BCUT2D eigenvalue weighted by molar-refractivity contribution is 5.92. The number of nitrogens with zero attached hydrogens (tertiary/aromatic N) is 6. The number of carboxylic acid groups (broad SMARTS) is 1. The molecule has 2 atom stereocenters. The number of benzene rings is 1. The molecule has 0 radical (unpaired) electrons. The molecule has 1 N–H and O–H groups in total. The smallest absolute Gasteiger partial charge is 0.416 e. The maximum atomic E-state index is 13.9. The number of fused-ring (bicyclic) bond motifs is 1. The van der Waals surface area contributed by atoms with Crippen molar-refractivity contribution in [3.8, 4) is 5.88 Å². The summed E-state index contributed by atoms with van der Waals surface area (Å²) in [7, 11) is 1.41. The number of hydrogen-bond acceptors (Lipinski definition) is 9. The van der Waals surface area contributed by atoms with Crippen molar-refractivity contribution in [1.29, 1.82) is 0 Å². The summed E-state index contributed by atoms with van der Waals surface area (Å²) >= 11 is 0. The van der Waals surface area contributed by atoms with Gasteiger partial charge in [-0.05, 0) is 49.1 Å². The van der Waals surface area contributed by atoms with Gasteiger partial charge in [0.05, 0.1) is 61.2 Å². The first-order chi connectivity index (χ1) is 22.8. The summed E-state index contributed by atoms with van der Waals surface area (Å²) in [5.41, 5.74) is -0.149. The van der Waals surface area contributed by atoms with Crippen LogP contribution in [0, 0.1) is 0 Å². The molecule has 48 heavy (non-hydrogen) atoms. The lowest BCUT2D eigenvalue weighted by Gasteiger charge is -2.43. The molecule has 12 nitrogen and oxygen atoms in total. The molecule has 0 saturated carbocycles. The number of carboxylic acids is 1. The first-order valence-corrected chi connectivity index (χ1v) is 15.2. The van der Waals surface area contributed by atoms with Gasteiger partial charge >= 0.3 is 18.2 Å². The van der Waals surface area contributed by atoms with Gasteiger partial charge in [-0.1, -0.05) is 13.0 Å². The van der Waals surface area contributed by atoms with Crippen molar-refractivity contribution in [2.24, 2.45) is 0 Å². The van der Waals surface area contributed by atoms with E-state index in [1.165, 1.54) is 42.3 Å². The third-order valence-electron chi connectivity index (χ3n) is 7.84. The van der Waals surface area contributed by atoms with Gasteiger partial charge in [0.1, 0.15) is 6.67 Å². The first-order valence-electron chi connectivity index (χ1n) is 15.2. The standard InChI is InChI=1S/C32H36F4N6O6/c1-5-23-14-26(29-25(7-8-27(39-29)47-4)42(23)31(46)48-6-2)41(18-21-11-20(15-33)12-22(13-21)32(34,35)36)30-37-16-24(17-38-30)40(19(3)43)10-9-28(44)45/h7-8,11-13,16-17,23,26H,5-6,9-10,14-15,18H2,1-4H3,(H,44,45)/t23-,26+/m1/s1. The highest BCUT2D eigenvalue weighted by atomic mass is 19.4. The second kappa shape index (κ2) is 15.3. The Morgan fingerprint density at radius 1 is 1.08 bits per heavy atom. The zero-order chi connectivity index (χ0) is 35.2. The van der Waals surface area contributed by atoms with Crippen LogP contribution in [0.4, 0.5) is 39.7 Å². The van der Waals surface area contributed by atoms with Gasteiger partial charge < -0.3 is 24.4 Å². The van der Waals surface area contributed by atoms with E-state index in [9.17, 15) is 31.9 Å². The third-order valence-corrected chi connectivity index (χ3v) is 7.84. The quantitative estimate of drug-likeness (QED) is 0.224. The summed E-state index contributed by atoms with van der Waals surface area (Å²) in [6.45, 7) is 3.43. The second-order valence-electron chi connectivity index (χ2n) is 11.0. The van der Waals surface area contributed by atoms with Crippen molar-refractivity contribution >= 4 is 35.3 Å². The van der Waals surface area contributed by atoms with Crippen molar-refractivity contribution in [3.05, 3.63) is 65.1 Å². The average molecular weight is 677 g/mol. The number of ether oxygens (including phenoxy) is 2. The lowest BCUT2D eigenvalue weighted by atomic mass is 9.92. The van der Waals surface area contributed by atoms with Crippen LogP contribution in [0.15, 0.2) is 42.7 Å². The Bertz CT molecular complexity index is 1620. The van der Waals surface area contributed by atoms with Crippen LogP contribution in [0.1, 0.15) is 68.5 Å². The number of aliphatic carboxylic acids is 1. The van der Waals surface area contributed by atoms with E-state index < -0.39 is 48.5 Å². The number of anilines is 3. The zero-order valence-corrected chi connectivity index (χ0v) is 26.8. The SMILES string of the molecule is CCOC(=O)N1c2ccc(OC)nc2[C@@H](N(Cc2cc(CF)cc(C(F)(F)F)c2)c2ncc(N(CCC(=O)O)C(C)=O)cn2)C[C@H]1CC. The maximum absolute atomic E-state index is 13.9. The minimum atomic E-state index is -4.74. The highest BCUT2D eigenvalue weighted by Gasteiger charge is 2.41. The second-order valence-corrected chi connectivity index (χ2v) is 11.0. The molecule has 1 aromatic carbocycles. The monoisotopic (exact) mass is 676 g/mol. The van der Waals surface area contributed by atoms with Crippen molar-refractivity contribution < 1.29 is 46.5 Å². The Hall–Kier alpha value is -5.02. The molecule has 0 fully saturated rings. The van der Waals surface area contributed by atoms with Crippen LogP contribution in [-0.2, 0) is 33.7 Å². The van der Waals surface area contributed by atoms with Crippen LogP contribution in [0.2, 0.25) is 0 Å². The van der Waals surface area contributed by atoms with Crippen LogP contribution in [0.5, 0.6) is 5.88 Å².